The van der Waals surface area contributed by atoms with Gasteiger partial charge in [0.1, 0.15) is 12.4 Å². The number of unbranched alkanes of at least 4 members (excludes halogenated alkanes) is 2. The molecule has 1 aliphatic heterocycles. The van der Waals surface area contributed by atoms with Crippen LogP contribution in [0.3, 0.4) is 0 Å². The van der Waals surface area contributed by atoms with Crippen molar-refractivity contribution in [2.24, 2.45) is 5.73 Å². The van der Waals surface area contributed by atoms with Crippen molar-refractivity contribution < 1.29 is 14.3 Å². The molecule has 8 nitrogen and oxygen atoms in total. The molecule has 0 spiro atoms. The summed E-state index contributed by atoms with van der Waals surface area (Å²) in [5.74, 6) is 1.32. The molecule has 27 heavy (non-hydrogen) atoms. The third kappa shape index (κ3) is 3.74. The zero-order valence-corrected chi connectivity index (χ0v) is 15.9. The predicted molar refractivity (Wildman–Crippen MR) is 102 cm³/mol. The van der Waals surface area contributed by atoms with Crippen molar-refractivity contribution in [3.63, 3.8) is 0 Å². The lowest BCUT2D eigenvalue weighted by Gasteiger charge is -2.28. The van der Waals surface area contributed by atoms with Gasteiger partial charge in [0.05, 0.1) is 19.3 Å². The number of nitrogens with two attached hydrogens (primary N) is 1. The maximum Gasteiger partial charge on any atom is 0.248 e. The van der Waals surface area contributed by atoms with Crippen LogP contribution in [0.4, 0.5) is 5.95 Å². The van der Waals surface area contributed by atoms with E-state index in [1.54, 1.807) is 18.7 Å². The largest absolute Gasteiger partial charge is 0.493 e. The van der Waals surface area contributed by atoms with Crippen LogP contribution in [-0.2, 0) is 4.79 Å². The van der Waals surface area contributed by atoms with Crippen LogP contribution in [0.15, 0.2) is 35.8 Å². The molecule has 1 aromatic carbocycles. The maximum absolute atomic E-state index is 12.1. The highest BCUT2D eigenvalue weighted by Gasteiger charge is 2.32. The fourth-order valence-corrected chi connectivity index (χ4v) is 3.23. The second-order valence-electron chi connectivity index (χ2n) is 6.42. The Balaban J connectivity index is 1.96. The number of nitrogens with one attached hydrogen (secondary N) is 1. The van der Waals surface area contributed by atoms with Crippen molar-refractivity contribution in [3.8, 4) is 11.5 Å². The minimum absolute atomic E-state index is 0.437. The van der Waals surface area contributed by atoms with Gasteiger partial charge in [0.15, 0.2) is 11.5 Å². The van der Waals surface area contributed by atoms with Gasteiger partial charge in [0.25, 0.3) is 0 Å². The number of anilines is 1. The number of hydrogen-bond acceptors (Lipinski definition) is 6. The molecule has 0 saturated carbocycles. The SMILES string of the molecule is CCCCCOc1ccc([C@H]2C(C(N)=O)=C(C)Nc3ncnn32)cc1OC. The van der Waals surface area contributed by atoms with Crippen LogP contribution in [0.2, 0.25) is 0 Å². The zero-order valence-electron chi connectivity index (χ0n) is 15.9. The standard InChI is InChI=1S/C19H25N5O3/c1-4-5-6-9-27-14-8-7-13(10-15(14)26-3)17-16(18(20)25)12(2)23-19-21-11-22-24(17)19/h7-8,10-11,17H,4-6,9H2,1-3H3,(H2,20,25)(H,21,22,23)/t17-/m0/s1. The van der Waals surface area contributed by atoms with Gasteiger partial charge in [-0.3, -0.25) is 4.79 Å². The molecule has 0 radical (unpaired) electrons. The average Bonchev–Trinajstić information content (AvgIpc) is 3.11. The van der Waals surface area contributed by atoms with Gasteiger partial charge in [0, 0.05) is 5.70 Å². The van der Waals surface area contributed by atoms with Gasteiger partial charge >= 0.3 is 0 Å². The Hall–Kier alpha value is -3.03. The van der Waals surface area contributed by atoms with Crippen molar-refractivity contribution in [2.75, 3.05) is 19.0 Å². The highest BCUT2D eigenvalue weighted by molar-refractivity contribution is 5.95. The van der Waals surface area contributed by atoms with Gasteiger partial charge in [-0.15, -0.1) is 0 Å². The van der Waals surface area contributed by atoms with E-state index in [2.05, 4.69) is 22.3 Å². The summed E-state index contributed by atoms with van der Waals surface area (Å²) in [6.07, 6.45) is 4.69. The number of carbonyl (C=O) groups excluding carboxylic acids is 1. The Kier molecular flexibility index (Phi) is 5.63. The van der Waals surface area contributed by atoms with Crippen LogP contribution < -0.4 is 20.5 Å². The maximum atomic E-state index is 12.1. The summed E-state index contributed by atoms with van der Waals surface area (Å²) in [5, 5.41) is 7.32. The number of rotatable bonds is 8. The summed E-state index contributed by atoms with van der Waals surface area (Å²) in [7, 11) is 1.59. The van der Waals surface area contributed by atoms with E-state index in [-0.39, 0.29) is 0 Å². The summed E-state index contributed by atoms with van der Waals surface area (Å²) in [6, 6.07) is 5.12. The zero-order chi connectivity index (χ0) is 19.4. The van der Waals surface area contributed by atoms with Crippen molar-refractivity contribution in [2.45, 2.75) is 39.2 Å². The molecule has 0 unspecified atom stereocenters. The van der Waals surface area contributed by atoms with E-state index in [1.165, 1.54) is 6.33 Å². The summed E-state index contributed by atoms with van der Waals surface area (Å²) in [4.78, 5) is 16.3. The smallest absolute Gasteiger partial charge is 0.248 e. The van der Waals surface area contributed by atoms with E-state index < -0.39 is 11.9 Å². The lowest BCUT2D eigenvalue weighted by atomic mass is 9.95. The summed E-state index contributed by atoms with van der Waals surface area (Å²) < 4.78 is 13.0. The van der Waals surface area contributed by atoms with Crippen molar-refractivity contribution in [1.82, 2.24) is 14.8 Å². The quantitative estimate of drug-likeness (QED) is 0.691. The number of primary amides is 1. The fraction of sp³-hybridized carbons (Fsp3) is 0.421. The number of amides is 1. The topological polar surface area (TPSA) is 104 Å². The van der Waals surface area contributed by atoms with Gasteiger partial charge in [-0.05, 0) is 31.0 Å². The van der Waals surface area contributed by atoms with Crippen LogP contribution in [0.1, 0.15) is 44.7 Å². The first kappa shape index (κ1) is 18.8. The number of fused-ring (bicyclic) bond motifs is 1. The molecule has 0 aliphatic carbocycles. The molecule has 0 saturated heterocycles. The van der Waals surface area contributed by atoms with Gasteiger partial charge in [0.2, 0.25) is 11.9 Å². The number of nitrogens with zero attached hydrogens (tertiary/aromatic N) is 3. The predicted octanol–water partition coefficient (Wildman–Crippen LogP) is 2.63. The molecule has 144 valence electrons. The molecule has 2 aromatic rings. The Bertz CT molecular complexity index is 859. The molecule has 0 fully saturated rings. The molecule has 8 heteroatoms. The number of aromatic nitrogens is 3. The Morgan fingerprint density at radius 1 is 1.33 bits per heavy atom. The summed E-state index contributed by atoms with van der Waals surface area (Å²) >= 11 is 0. The highest BCUT2D eigenvalue weighted by atomic mass is 16.5. The third-order valence-corrected chi connectivity index (χ3v) is 4.57. The second kappa shape index (κ2) is 8.11. The second-order valence-corrected chi connectivity index (χ2v) is 6.42. The molecule has 1 amide bonds. The van der Waals surface area contributed by atoms with Crippen molar-refractivity contribution in [1.29, 1.82) is 0 Å². The molecule has 1 atom stereocenters. The van der Waals surface area contributed by atoms with Gasteiger partial charge in [-0.25, -0.2) is 4.68 Å². The van der Waals surface area contributed by atoms with Crippen LogP contribution in [0, 0.1) is 0 Å². The van der Waals surface area contributed by atoms with Crippen LogP contribution >= 0.6 is 0 Å². The number of benzene rings is 1. The molecule has 0 bridgehead atoms. The van der Waals surface area contributed by atoms with Gasteiger partial charge in [-0.2, -0.15) is 10.1 Å². The van der Waals surface area contributed by atoms with Crippen molar-refractivity contribution in [3.05, 3.63) is 41.4 Å². The molecular formula is C19H25N5O3. The first-order valence-electron chi connectivity index (χ1n) is 9.04. The number of ether oxygens (including phenoxy) is 2. The van der Waals surface area contributed by atoms with E-state index in [0.717, 1.165) is 24.8 Å². The molecule has 3 rings (SSSR count). The van der Waals surface area contributed by atoms with Crippen LogP contribution in [-0.4, -0.2) is 34.4 Å². The normalized spacial score (nSPS) is 15.9. The number of hydrogen-bond donors (Lipinski definition) is 2. The molecule has 3 N–H and O–H groups in total. The van der Waals surface area contributed by atoms with Crippen LogP contribution in [0.25, 0.3) is 0 Å². The Labute approximate surface area is 158 Å². The number of methoxy groups -OCH3 is 1. The van der Waals surface area contributed by atoms with Gasteiger partial charge < -0.3 is 20.5 Å². The molecular weight excluding hydrogens is 346 g/mol. The number of carbonyl (C=O) groups is 1. The summed E-state index contributed by atoms with van der Waals surface area (Å²) in [6.45, 7) is 4.59. The lowest BCUT2D eigenvalue weighted by molar-refractivity contribution is -0.115. The third-order valence-electron chi connectivity index (χ3n) is 4.57. The Morgan fingerprint density at radius 3 is 2.85 bits per heavy atom. The van der Waals surface area contributed by atoms with E-state index in [9.17, 15) is 4.79 Å². The number of allylic oxidation sites excluding steroid dienone is 1. The monoisotopic (exact) mass is 371 g/mol. The first-order valence-corrected chi connectivity index (χ1v) is 9.04. The Morgan fingerprint density at radius 2 is 2.15 bits per heavy atom. The van der Waals surface area contributed by atoms with Gasteiger partial charge in [-0.1, -0.05) is 25.8 Å². The lowest BCUT2D eigenvalue weighted by Crippen LogP contribution is -2.31. The molecule has 1 aliphatic rings. The molecule has 2 heterocycles. The minimum atomic E-state index is -0.509. The minimum Gasteiger partial charge on any atom is -0.493 e. The molecule has 1 aromatic heterocycles. The van der Waals surface area contributed by atoms with E-state index >= 15 is 0 Å². The van der Waals surface area contributed by atoms with E-state index in [0.29, 0.717) is 35.3 Å². The average molecular weight is 371 g/mol. The van der Waals surface area contributed by atoms with Crippen molar-refractivity contribution >= 4 is 11.9 Å². The van der Waals surface area contributed by atoms with Crippen LogP contribution in [0.5, 0.6) is 11.5 Å². The fourth-order valence-electron chi connectivity index (χ4n) is 3.23. The highest BCUT2D eigenvalue weighted by Crippen LogP contribution is 2.38. The first-order chi connectivity index (χ1) is 13.1. The van der Waals surface area contributed by atoms with E-state index in [1.807, 2.05) is 18.2 Å². The van der Waals surface area contributed by atoms with E-state index in [4.69, 9.17) is 15.2 Å². The summed E-state index contributed by atoms with van der Waals surface area (Å²) in [5.41, 5.74) is 7.56.